The Kier molecular flexibility index (Phi) is 3.45. The monoisotopic (exact) mass is 305 g/mol. The fourth-order valence-corrected chi connectivity index (χ4v) is 2.86. The van der Waals surface area contributed by atoms with E-state index in [-0.39, 0.29) is 0 Å². The molecular formula is C15H16ClN3O2. The van der Waals surface area contributed by atoms with Crippen LogP contribution in [0.4, 0.5) is 5.82 Å². The van der Waals surface area contributed by atoms with Crippen LogP contribution in [-0.2, 0) is 4.79 Å². The van der Waals surface area contributed by atoms with E-state index in [0.717, 1.165) is 16.3 Å². The predicted octanol–water partition coefficient (Wildman–Crippen LogP) is 3.07. The molecule has 0 amide bonds. The predicted molar refractivity (Wildman–Crippen MR) is 82.0 cm³/mol. The van der Waals surface area contributed by atoms with Gasteiger partial charge in [0.25, 0.3) is 0 Å². The number of nitrogens with zero attached hydrogens (tertiary/aromatic N) is 3. The van der Waals surface area contributed by atoms with Crippen LogP contribution in [-0.4, -0.2) is 33.6 Å². The van der Waals surface area contributed by atoms with Crippen LogP contribution < -0.4 is 4.90 Å². The van der Waals surface area contributed by atoms with Crippen molar-refractivity contribution in [2.75, 3.05) is 11.4 Å². The molecule has 0 bridgehead atoms. The molecule has 1 fully saturated rings. The Labute approximate surface area is 127 Å². The lowest BCUT2D eigenvalue weighted by Gasteiger charge is -2.39. The fourth-order valence-electron chi connectivity index (χ4n) is 2.70. The molecule has 1 saturated heterocycles. The normalized spacial score (nSPS) is 18.1. The van der Waals surface area contributed by atoms with Crippen molar-refractivity contribution in [1.29, 1.82) is 0 Å². The zero-order chi connectivity index (χ0) is 15.1. The van der Waals surface area contributed by atoms with E-state index in [0.29, 0.717) is 29.9 Å². The first-order valence-corrected chi connectivity index (χ1v) is 7.30. The Bertz CT molecular complexity index is 717. The minimum Gasteiger partial charge on any atom is -0.480 e. The Hall–Kier alpha value is -1.88. The number of hydrogen-bond acceptors (Lipinski definition) is 4. The summed E-state index contributed by atoms with van der Waals surface area (Å²) in [5.41, 5.74) is 1.09. The molecule has 0 radical (unpaired) electrons. The van der Waals surface area contributed by atoms with E-state index in [1.54, 1.807) is 6.20 Å². The zero-order valence-corrected chi connectivity index (χ0v) is 12.6. The van der Waals surface area contributed by atoms with Gasteiger partial charge in [0.15, 0.2) is 0 Å². The molecule has 3 heterocycles. The van der Waals surface area contributed by atoms with Crippen LogP contribution in [0.15, 0.2) is 18.5 Å². The Morgan fingerprint density at radius 1 is 1.38 bits per heavy atom. The van der Waals surface area contributed by atoms with Crippen LogP contribution in [0.5, 0.6) is 0 Å². The lowest BCUT2D eigenvalue weighted by Crippen LogP contribution is -2.53. The first-order valence-electron chi connectivity index (χ1n) is 6.92. The summed E-state index contributed by atoms with van der Waals surface area (Å²) < 4.78 is 0. The van der Waals surface area contributed by atoms with Crippen LogP contribution in [0, 0.1) is 0 Å². The summed E-state index contributed by atoms with van der Waals surface area (Å²) in [4.78, 5) is 21.7. The number of carbonyl (C=O) groups is 1. The molecule has 1 aliphatic heterocycles. The number of carboxylic acids is 1. The molecule has 5 nitrogen and oxygen atoms in total. The highest BCUT2D eigenvalue weighted by molar-refractivity contribution is 6.30. The maximum atomic E-state index is 11.2. The van der Waals surface area contributed by atoms with Crippen molar-refractivity contribution in [3.8, 4) is 0 Å². The number of rotatable bonds is 3. The number of fused-ring (bicyclic) bond motifs is 1. The molecular weight excluding hydrogens is 290 g/mol. The molecule has 3 rings (SSSR count). The van der Waals surface area contributed by atoms with Gasteiger partial charge in [-0.3, -0.25) is 0 Å². The van der Waals surface area contributed by atoms with Gasteiger partial charge in [-0.15, -0.1) is 0 Å². The second-order valence-corrected chi connectivity index (χ2v) is 5.97. The number of anilines is 1. The number of hydrogen-bond donors (Lipinski definition) is 1. The van der Waals surface area contributed by atoms with E-state index < -0.39 is 12.0 Å². The first kappa shape index (κ1) is 14.1. The van der Waals surface area contributed by atoms with Gasteiger partial charge in [-0.25, -0.2) is 14.8 Å². The summed E-state index contributed by atoms with van der Waals surface area (Å²) in [6, 6.07) is 1.33. The largest absolute Gasteiger partial charge is 0.480 e. The summed E-state index contributed by atoms with van der Waals surface area (Å²) in [6.45, 7) is 4.88. The molecule has 1 unspecified atom stereocenters. The fraction of sp³-hybridized carbons (Fsp3) is 0.400. The van der Waals surface area contributed by atoms with Gasteiger partial charge in [0, 0.05) is 24.3 Å². The van der Waals surface area contributed by atoms with Gasteiger partial charge in [0.1, 0.15) is 17.0 Å². The van der Waals surface area contributed by atoms with Crippen molar-refractivity contribution in [3.63, 3.8) is 0 Å². The third-order valence-electron chi connectivity index (χ3n) is 3.95. The van der Waals surface area contributed by atoms with Crippen molar-refractivity contribution < 1.29 is 9.90 Å². The van der Waals surface area contributed by atoms with Crippen molar-refractivity contribution >= 4 is 34.2 Å². The Morgan fingerprint density at radius 3 is 2.71 bits per heavy atom. The molecule has 0 saturated carbocycles. The van der Waals surface area contributed by atoms with Crippen molar-refractivity contribution in [3.05, 3.63) is 29.2 Å². The first-order chi connectivity index (χ1) is 9.99. The van der Waals surface area contributed by atoms with Gasteiger partial charge in [-0.2, -0.15) is 0 Å². The molecule has 1 atom stereocenters. The van der Waals surface area contributed by atoms with Crippen molar-refractivity contribution in [1.82, 2.24) is 9.97 Å². The molecule has 1 N–H and O–H groups in total. The lowest BCUT2D eigenvalue weighted by atomic mass is 9.97. The summed E-state index contributed by atoms with van der Waals surface area (Å²) in [7, 11) is 0. The minimum absolute atomic E-state index is 0.305. The Morgan fingerprint density at radius 2 is 2.14 bits per heavy atom. The molecule has 2 aromatic rings. The zero-order valence-electron chi connectivity index (χ0n) is 11.9. The maximum Gasteiger partial charge on any atom is 0.326 e. The molecule has 0 spiro atoms. The third kappa shape index (κ3) is 2.31. The van der Waals surface area contributed by atoms with E-state index in [1.807, 2.05) is 17.2 Å². The van der Waals surface area contributed by atoms with Crippen LogP contribution in [0.2, 0.25) is 5.15 Å². The van der Waals surface area contributed by atoms with Crippen LogP contribution in [0.25, 0.3) is 10.8 Å². The smallest absolute Gasteiger partial charge is 0.326 e. The standard InChI is InChI=1S/C15H16ClN3O2/c1-8(2)10-6-18-14(19-4-3-12(19)15(20)21)11-7-17-13(16)5-9(10)11/h5-8,12H,3-4H2,1-2H3,(H,20,21). The highest BCUT2D eigenvalue weighted by atomic mass is 35.5. The van der Waals surface area contributed by atoms with E-state index in [1.165, 1.54) is 0 Å². The quantitative estimate of drug-likeness (QED) is 0.883. The highest BCUT2D eigenvalue weighted by Crippen LogP contribution is 2.35. The van der Waals surface area contributed by atoms with E-state index in [9.17, 15) is 9.90 Å². The highest BCUT2D eigenvalue weighted by Gasteiger charge is 2.36. The summed E-state index contributed by atoms with van der Waals surface area (Å²) in [5.74, 6) is 0.169. The molecule has 21 heavy (non-hydrogen) atoms. The van der Waals surface area contributed by atoms with Crippen molar-refractivity contribution in [2.24, 2.45) is 0 Å². The van der Waals surface area contributed by atoms with Gasteiger partial charge in [-0.05, 0) is 29.4 Å². The summed E-state index contributed by atoms with van der Waals surface area (Å²) in [6.07, 6.45) is 4.14. The van der Waals surface area contributed by atoms with E-state index in [2.05, 4.69) is 23.8 Å². The number of halogens is 1. The second kappa shape index (κ2) is 5.15. The minimum atomic E-state index is -0.814. The van der Waals surface area contributed by atoms with Crippen LogP contribution >= 0.6 is 11.6 Å². The summed E-state index contributed by atoms with van der Waals surface area (Å²) in [5, 5.41) is 11.5. The van der Waals surface area contributed by atoms with E-state index in [4.69, 9.17) is 11.6 Å². The third-order valence-corrected chi connectivity index (χ3v) is 4.15. The van der Waals surface area contributed by atoms with Gasteiger partial charge in [-0.1, -0.05) is 25.4 Å². The van der Waals surface area contributed by atoms with Crippen LogP contribution in [0.1, 0.15) is 31.7 Å². The van der Waals surface area contributed by atoms with Crippen molar-refractivity contribution in [2.45, 2.75) is 32.2 Å². The van der Waals surface area contributed by atoms with Gasteiger partial charge >= 0.3 is 5.97 Å². The van der Waals surface area contributed by atoms with Gasteiger partial charge in [0.05, 0.1) is 0 Å². The summed E-state index contributed by atoms with van der Waals surface area (Å²) >= 11 is 6.01. The number of pyridine rings is 2. The Balaban J connectivity index is 2.17. The topological polar surface area (TPSA) is 66.3 Å². The van der Waals surface area contributed by atoms with Crippen LogP contribution in [0.3, 0.4) is 0 Å². The SMILES string of the molecule is CC(C)c1cnc(N2CCC2C(=O)O)c2cnc(Cl)cc12. The molecule has 1 aliphatic rings. The van der Waals surface area contributed by atoms with Gasteiger partial charge in [0.2, 0.25) is 0 Å². The second-order valence-electron chi connectivity index (χ2n) is 5.58. The number of aliphatic carboxylic acids is 1. The number of aromatic nitrogens is 2. The molecule has 6 heteroatoms. The molecule has 0 aliphatic carbocycles. The lowest BCUT2D eigenvalue weighted by molar-refractivity contribution is -0.139. The number of carboxylic acid groups (broad SMARTS) is 1. The molecule has 0 aromatic carbocycles. The average molecular weight is 306 g/mol. The molecule has 110 valence electrons. The molecule has 2 aromatic heterocycles. The average Bonchev–Trinajstić information content (AvgIpc) is 2.36. The maximum absolute atomic E-state index is 11.2. The van der Waals surface area contributed by atoms with Gasteiger partial charge < -0.3 is 10.0 Å². The van der Waals surface area contributed by atoms with E-state index >= 15 is 0 Å².